The van der Waals surface area contributed by atoms with E-state index < -0.39 is 5.91 Å². The molecular weight excluding hydrogens is 262 g/mol. The lowest BCUT2D eigenvalue weighted by atomic mass is 10.1. The Bertz CT molecular complexity index is 503. The molecule has 0 saturated carbocycles. The number of nitrogens with two attached hydrogens (primary N) is 2. The van der Waals surface area contributed by atoms with Gasteiger partial charge >= 0.3 is 0 Å². The largest absolute Gasteiger partial charge is 0.497 e. The van der Waals surface area contributed by atoms with E-state index in [-0.39, 0.29) is 23.6 Å². The van der Waals surface area contributed by atoms with Crippen molar-refractivity contribution < 1.29 is 19.1 Å². The molecule has 7 nitrogen and oxygen atoms in total. The number of carbonyl (C=O) groups is 2. The van der Waals surface area contributed by atoms with Crippen molar-refractivity contribution in [3.8, 4) is 11.5 Å². The third kappa shape index (κ3) is 4.04. The Balaban J connectivity index is 2.78. The Kier molecular flexibility index (Phi) is 5.64. The Morgan fingerprint density at radius 1 is 1.25 bits per heavy atom. The molecule has 110 valence electrons. The zero-order valence-electron chi connectivity index (χ0n) is 11.6. The maximum absolute atomic E-state index is 12.0. The molecule has 7 heteroatoms. The summed E-state index contributed by atoms with van der Waals surface area (Å²) < 4.78 is 10.2. The number of nitrogen functional groups attached to an aromatic ring is 1. The molecule has 0 heterocycles. The molecule has 5 N–H and O–H groups in total. The van der Waals surface area contributed by atoms with Gasteiger partial charge in [0.15, 0.2) is 0 Å². The average Bonchev–Trinajstić information content (AvgIpc) is 2.43. The van der Waals surface area contributed by atoms with Gasteiger partial charge in [-0.3, -0.25) is 9.59 Å². The van der Waals surface area contributed by atoms with Crippen LogP contribution in [-0.2, 0) is 4.79 Å². The van der Waals surface area contributed by atoms with Crippen LogP contribution in [-0.4, -0.2) is 32.6 Å². The number of nitrogens with one attached hydrogen (secondary N) is 1. The van der Waals surface area contributed by atoms with E-state index in [2.05, 4.69) is 5.32 Å². The van der Waals surface area contributed by atoms with Gasteiger partial charge in [-0.2, -0.15) is 0 Å². The molecule has 0 aliphatic carbocycles. The Morgan fingerprint density at radius 2 is 1.95 bits per heavy atom. The lowest BCUT2D eigenvalue weighted by Crippen LogP contribution is -2.26. The summed E-state index contributed by atoms with van der Waals surface area (Å²) in [4.78, 5) is 22.6. The summed E-state index contributed by atoms with van der Waals surface area (Å²) in [5.74, 6) is 0.0796. The first-order chi connectivity index (χ1) is 9.49. The topological polar surface area (TPSA) is 117 Å². The van der Waals surface area contributed by atoms with Crippen molar-refractivity contribution in [2.24, 2.45) is 5.73 Å². The number of methoxy groups -OCH3 is 2. The summed E-state index contributed by atoms with van der Waals surface area (Å²) in [5.41, 5.74) is 11.4. The van der Waals surface area contributed by atoms with Crippen LogP contribution in [0, 0.1) is 0 Å². The molecule has 2 amide bonds. The molecule has 1 aromatic carbocycles. The van der Waals surface area contributed by atoms with Crippen LogP contribution in [0.4, 0.5) is 5.69 Å². The van der Waals surface area contributed by atoms with E-state index in [0.29, 0.717) is 24.5 Å². The first kappa shape index (κ1) is 15.6. The van der Waals surface area contributed by atoms with Crippen LogP contribution < -0.4 is 26.3 Å². The first-order valence-corrected chi connectivity index (χ1v) is 6.07. The molecule has 0 radical (unpaired) electrons. The van der Waals surface area contributed by atoms with Gasteiger partial charge < -0.3 is 26.3 Å². The van der Waals surface area contributed by atoms with Crippen LogP contribution in [0.1, 0.15) is 23.2 Å². The predicted molar refractivity (Wildman–Crippen MR) is 74.7 cm³/mol. The van der Waals surface area contributed by atoms with Crippen LogP contribution in [0.2, 0.25) is 0 Å². The highest BCUT2D eigenvalue weighted by Crippen LogP contribution is 2.30. The number of hydrogen-bond acceptors (Lipinski definition) is 5. The van der Waals surface area contributed by atoms with E-state index in [1.165, 1.54) is 20.3 Å². The number of carbonyl (C=O) groups excluding carboxylic acids is 2. The third-order valence-corrected chi connectivity index (χ3v) is 2.70. The van der Waals surface area contributed by atoms with Crippen LogP contribution in [0.5, 0.6) is 11.5 Å². The molecule has 0 fully saturated rings. The van der Waals surface area contributed by atoms with Crippen LogP contribution in [0.15, 0.2) is 12.1 Å². The molecular formula is C13H19N3O4. The molecule has 0 bridgehead atoms. The van der Waals surface area contributed by atoms with Gasteiger partial charge in [-0.05, 0) is 12.5 Å². The zero-order valence-corrected chi connectivity index (χ0v) is 11.6. The normalized spacial score (nSPS) is 9.90. The van der Waals surface area contributed by atoms with Gasteiger partial charge in [0.05, 0.1) is 25.5 Å². The summed E-state index contributed by atoms with van der Waals surface area (Å²) in [6, 6.07) is 3.13. The quantitative estimate of drug-likeness (QED) is 0.490. The van der Waals surface area contributed by atoms with Crippen molar-refractivity contribution in [1.29, 1.82) is 0 Å². The summed E-state index contributed by atoms with van der Waals surface area (Å²) in [6.07, 6.45) is 0.694. The molecule has 0 spiro atoms. The Hall–Kier alpha value is -2.44. The van der Waals surface area contributed by atoms with E-state index in [9.17, 15) is 9.59 Å². The van der Waals surface area contributed by atoms with Gasteiger partial charge in [0.1, 0.15) is 11.5 Å². The second kappa shape index (κ2) is 7.22. The summed E-state index contributed by atoms with van der Waals surface area (Å²) in [7, 11) is 2.94. The molecule has 0 aliphatic heterocycles. The average molecular weight is 281 g/mol. The van der Waals surface area contributed by atoms with Crippen molar-refractivity contribution in [3.05, 3.63) is 17.7 Å². The standard InChI is InChI=1S/C13H19N3O4/c1-19-8-6-9(12(15)10(7-8)20-2)13(18)16-5-3-4-11(14)17/h6-7H,3-5,15H2,1-2H3,(H2,14,17)(H,16,18). The number of ether oxygens (including phenoxy) is 2. The lowest BCUT2D eigenvalue weighted by molar-refractivity contribution is -0.118. The molecule has 1 aromatic rings. The molecule has 1 rings (SSSR count). The Labute approximate surface area is 117 Å². The van der Waals surface area contributed by atoms with Gasteiger partial charge in [-0.25, -0.2) is 0 Å². The van der Waals surface area contributed by atoms with Crippen molar-refractivity contribution in [3.63, 3.8) is 0 Å². The highest BCUT2D eigenvalue weighted by Gasteiger charge is 2.15. The minimum atomic E-state index is -0.401. The second-order valence-electron chi connectivity index (χ2n) is 4.12. The van der Waals surface area contributed by atoms with Crippen molar-refractivity contribution in [2.45, 2.75) is 12.8 Å². The number of hydrogen-bond donors (Lipinski definition) is 3. The minimum Gasteiger partial charge on any atom is -0.497 e. The maximum atomic E-state index is 12.0. The van der Waals surface area contributed by atoms with Gasteiger partial charge in [-0.15, -0.1) is 0 Å². The molecule has 0 aliphatic rings. The number of primary amides is 1. The second-order valence-corrected chi connectivity index (χ2v) is 4.12. The summed E-state index contributed by atoms with van der Waals surface area (Å²) in [5, 5.41) is 2.66. The van der Waals surface area contributed by atoms with E-state index >= 15 is 0 Å². The minimum absolute atomic E-state index is 0.219. The highest BCUT2D eigenvalue weighted by molar-refractivity contribution is 6.00. The van der Waals surface area contributed by atoms with E-state index in [1.807, 2.05) is 0 Å². The van der Waals surface area contributed by atoms with E-state index in [1.54, 1.807) is 6.07 Å². The molecule has 0 unspecified atom stereocenters. The number of anilines is 1. The third-order valence-electron chi connectivity index (χ3n) is 2.70. The van der Waals surface area contributed by atoms with Gasteiger partial charge in [-0.1, -0.05) is 0 Å². The van der Waals surface area contributed by atoms with Crippen molar-refractivity contribution >= 4 is 17.5 Å². The van der Waals surface area contributed by atoms with Crippen LogP contribution in [0.25, 0.3) is 0 Å². The molecule has 0 atom stereocenters. The van der Waals surface area contributed by atoms with Crippen LogP contribution in [0.3, 0.4) is 0 Å². The molecule has 0 saturated heterocycles. The van der Waals surface area contributed by atoms with Crippen LogP contribution >= 0.6 is 0 Å². The number of amides is 2. The lowest BCUT2D eigenvalue weighted by Gasteiger charge is -2.12. The Morgan fingerprint density at radius 3 is 2.50 bits per heavy atom. The molecule has 0 aromatic heterocycles. The number of rotatable bonds is 7. The van der Waals surface area contributed by atoms with Crippen molar-refractivity contribution in [2.75, 3.05) is 26.5 Å². The van der Waals surface area contributed by atoms with E-state index in [0.717, 1.165) is 0 Å². The fourth-order valence-corrected chi connectivity index (χ4v) is 1.64. The SMILES string of the molecule is COc1cc(OC)c(N)c(C(=O)NCCCC(N)=O)c1. The monoisotopic (exact) mass is 281 g/mol. The zero-order chi connectivity index (χ0) is 15.1. The fraction of sp³-hybridized carbons (Fsp3) is 0.385. The predicted octanol–water partition coefficient (Wildman–Crippen LogP) is 0.281. The smallest absolute Gasteiger partial charge is 0.253 e. The van der Waals surface area contributed by atoms with Gasteiger partial charge in [0.25, 0.3) is 5.91 Å². The maximum Gasteiger partial charge on any atom is 0.253 e. The number of benzene rings is 1. The van der Waals surface area contributed by atoms with Gasteiger partial charge in [0.2, 0.25) is 5.91 Å². The first-order valence-electron chi connectivity index (χ1n) is 6.07. The molecule has 20 heavy (non-hydrogen) atoms. The van der Waals surface area contributed by atoms with E-state index in [4.69, 9.17) is 20.9 Å². The van der Waals surface area contributed by atoms with Gasteiger partial charge in [0, 0.05) is 19.0 Å². The highest BCUT2D eigenvalue weighted by atomic mass is 16.5. The summed E-state index contributed by atoms with van der Waals surface area (Å²) in [6.45, 7) is 0.334. The fourth-order valence-electron chi connectivity index (χ4n) is 1.64. The van der Waals surface area contributed by atoms with Crippen molar-refractivity contribution in [1.82, 2.24) is 5.32 Å². The summed E-state index contributed by atoms with van der Waals surface area (Å²) >= 11 is 0.